The van der Waals surface area contributed by atoms with Crippen molar-refractivity contribution < 1.29 is 9.59 Å². The fourth-order valence-electron chi connectivity index (χ4n) is 4.00. The fraction of sp³-hybridized carbons (Fsp3) is 0.421. The molecule has 2 saturated heterocycles. The topological polar surface area (TPSA) is 69.3 Å². The SMILES string of the molecule is Cc1cccc(N2CC3(CCN(C(=O)c4cc(C)[nH]n4)C3)CC2=O)c1. The van der Waals surface area contributed by atoms with Gasteiger partial charge in [0.1, 0.15) is 5.69 Å². The average Bonchev–Trinajstić information content (AvgIpc) is 3.27. The molecule has 0 radical (unpaired) electrons. The first-order chi connectivity index (χ1) is 12.0. The molecule has 0 bridgehead atoms. The zero-order chi connectivity index (χ0) is 17.6. The van der Waals surface area contributed by atoms with Crippen molar-refractivity contribution in [3.05, 3.63) is 47.3 Å². The van der Waals surface area contributed by atoms with Crippen molar-refractivity contribution in [3.8, 4) is 0 Å². The molecule has 2 fully saturated rings. The van der Waals surface area contributed by atoms with Crippen molar-refractivity contribution >= 4 is 17.5 Å². The molecule has 2 aromatic rings. The number of benzene rings is 1. The Balaban J connectivity index is 1.51. The minimum Gasteiger partial charge on any atom is -0.337 e. The number of likely N-dealkylation sites (tertiary alicyclic amines) is 1. The Kier molecular flexibility index (Phi) is 3.63. The van der Waals surface area contributed by atoms with Crippen molar-refractivity contribution in [1.82, 2.24) is 15.1 Å². The first-order valence-electron chi connectivity index (χ1n) is 8.64. The molecular formula is C19H22N4O2. The lowest BCUT2D eigenvalue weighted by Gasteiger charge is -2.24. The molecule has 130 valence electrons. The van der Waals surface area contributed by atoms with Crippen molar-refractivity contribution in [1.29, 1.82) is 0 Å². The van der Waals surface area contributed by atoms with Gasteiger partial charge in [-0.05, 0) is 44.0 Å². The normalized spacial score (nSPS) is 23.0. The Morgan fingerprint density at radius 2 is 2.08 bits per heavy atom. The third-order valence-corrected chi connectivity index (χ3v) is 5.28. The molecule has 1 unspecified atom stereocenters. The summed E-state index contributed by atoms with van der Waals surface area (Å²) in [5.41, 5.74) is 3.29. The molecule has 1 atom stereocenters. The Hall–Kier alpha value is -2.63. The van der Waals surface area contributed by atoms with Crippen molar-refractivity contribution in [2.45, 2.75) is 26.7 Å². The van der Waals surface area contributed by atoms with Crippen LogP contribution in [0.25, 0.3) is 0 Å². The average molecular weight is 338 g/mol. The first kappa shape index (κ1) is 15.9. The molecule has 6 heteroatoms. The van der Waals surface area contributed by atoms with Crippen LogP contribution in [0.15, 0.2) is 30.3 Å². The number of amides is 2. The number of nitrogens with one attached hydrogen (secondary N) is 1. The zero-order valence-electron chi connectivity index (χ0n) is 14.6. The van der Waals surface area contributed by atoms with Crippen LogP contribution in [-0.2, 0) is 4.79 Å². The van der Waals surface area contributed by atoms with E-state index >= 15 is 0 Å². The molecule has 1 spiro atoms. The molecule has 1 aromatic heterocycles. The highest BCUT2D eigenvalue weighted by molar-refractivity contribution is 5.97. The summed E-state index contributed by atoms with van der Waals surface area (Å²) in [6.07, 6.45) is 1.36. The van der Waals surface area contributed by atoms with E-state index in [1.807, 2.05) is 47.9 Å². The molecule has 2 aliphatic heterocycles. The summed E-state index contributed by atoms with van der Waals surface area (Å²) in [6, 6.07) is 9.80. The molecule has 3 heterocycles. The fourth-order valence-corrected chi connectivity index (χ4v) is 4.00. The molecular weight excluding hydrogens is 316 g/mol. The minimum absolute atomic E-state index is 0.0531. The van der Waals surface area contributed by atoms with E-state index in [9.17, 15) is 9.59 Å². The number of carbonyl (C=O) groups excluding carboxylic acids is 2. The summed E-state index contributed by atoms with van der Waals surface area (Å²) in [4.78, 5) is 28.9. The molecule has 0 saturated carbocycles. The lowest BCUT2D eigenvalue weighted by Crippen LogP contribution is -2.34. The van der Waals surface area contributed by atoms with E-state index in [1.54, 1.807) is 6.07 Å². The number of hydrogen-bond acceptors (Lipinski definition) is 3. The maximum atomic E-state index is 12.6. The Morgan fingerprint density at radius 3 is 2.80 bits per heavy atom. The first-order valence-corrected chi connectivity index (χ1v) is 8.64. The second-order valence-electron chi connectivity index (χ2n) is 7.41. The summed E-state index contributed by atoms with van der Waals surface area (Å²) in [5.74, 6) is 0.0955. The van der Waals surface area contributed by atoms with E-state index in [4.69, 9.17) is 0 Å². The Labute approximate surface area is 146 Å². The van der Waals surface area contributed by atoms with E-state index in [0.29, 0.717) is 31.7 Å². The highest BCUT2D eigenvalue weighted by Crippen LogP contribution is 2.42. The van der Waals surface area contributed by atoms with Gasteiger partial charge in [0.2, 0.25) is 5.91 Å². The van der Waals surface area contributed by atoms with Crippen LogP contribution >= 0.6 is 0 Å². The minimum atomic E-state index is -0.137. The Morgan fingerprint density at radius 1 is 1.24 bits per heavy atom. The second kappa shape index (κ2) is 5.72. The van der Waals surface area contributed by atoms with Crippen LogP contribution in [0.3, 0.4) is 0 Å². The maximum Gasteiger partial charge on any atom is 0.274 e. The number of hydrogen-bond donors (Lipinski definition) is 1. The van der Waals surface area contributed by atoms with Gasteiger partial charge in [-0.15, -0.1) is 0 Å². The molecule has 4 rings (SSSR count). The number of aromatic amines is 1. The van der Waals surface area contributed by atoms with E-state index < -0.39 is 0 Å². The molecule has 0 aliphatic carbocycles. The number of nitrogens with zero attached hydrogens (tertiary/aromatic N) is 3. The largest absolute Gasteiger partial charge is 0.337 e. The van der Waals surface area contributed by atoms with Crippen LogP contribution < -0.4 is 4.90 Å². The monoisotopic (exact) mass is 338 g/mol. The van der Waals surface area contributed by atoms with Gasteiger partial charge < -0.3 is 9.80 Å². The summed E-state index contributed by atoms with van der Waals surface area (Å²) < 4.78 is 0. The van der Waals surface area contributed by atoms with Gasteiger partial charge in [0.25, 0.3) is 5.91 Å². The summed E-state index contributed by atoms with van der Waals surface area (Å²) >= 11 is 0. The number of aryl methyl sites for hydroxylation is 2. The highest BCUT2D eigenvalue weighted by atomic mass is 16.2. The van der Waals surface area contributed by atoms with Gasteiger partial charge in [0.15, 0.2) is 0 Å². The quantitative estimate of drug-likeness (QED) is 0.913. The Bertz CT molecular complexity index is 843. The number of carbonyl (C=O) groups is 2. The van der Waals surface area contributed by atoms with Gasteiger partial charge in [-0.2, -0.15) is 5.10 Å². The van der Waals surface area contributed by atoms with E-state index in [1.165, 1.54) is 0 Å². The maximum absolute atomic E-state index is 12.6. The van der Waals surface area contributed by atoms with Crippen molar-refractivity contribution in [2.24, 2.45) is 5.41 Å². The predicted molar refractivity (Wildman–Crippen MR) is 94.4 cm³/mol. The molecule has 1 aromatic carbocycles. The number of H-pyrrole nitrogens is 1. The predicted octanol–water partition coefficient (Wildman–Crippen LogP) is 2.30. The van der Waals surface area contributed by atoms with Crippen LogP contribution in [0.2, 0.25) is 0 Å². The third-order valence-electron chi connectivity index (χ3n) is 5.28. The number of anilines is 1. The summed E-state index contributed by atoms with van der Waals surface area (Å²) in [5, 5.41) is 6.88. The van der Waals surface area contributed by atoms with Crippen LogP contribution in [0.4, 0.5) is 5.69 Å². The number of aromatic nitrogens is 2. The molecule has 6 nitrogen and oxygen atoms in total. The van der Waals surface area contributed by atoms with E-state index in [-0.39, 0.29) is 17.2 Å². The van der Waals surface area contributed by atoms with Gasteiger partial charge in [-0.3, -0.25) is 14.7 Å². The lowest BCUT2D eigenvalue weighted by molar-refractivity contribution is -0.117. The van der Waals surface area contributed by atoms with Crippen molar-refractivity contribution in [2.75, 3.05) is 24.5 Å². The lowest BCUT2D eigenvalue weighted by atomic mass is 9.86. The standard InChI is InChI=1S/C19H22N4O2/c1-13-4-3-5-15(8-13)23-12-19(10-17(23)24)6-7-22(11-19)18(25)16-9-14(2)20-21-16/h3-5,8-9H,6-7,10-12H2,1-2H3,(H,20,21). The van der Waals surface area contributed by atoms with Gasteiger partial charge in [0.05, 0.1) is 0 Å². The van der Waals surface area contributed by atoms with E-state index in [0.717, 1.165) is 23.4 Å². The third kappa shape index (κ3) is 2.81. The smallest absolute Gasteiger partial charge is 0.274 e. The van der Waals surface area contributed by atoms with Crippen LogP contribution in [0.5, 0.6) is 0 Å². The van der Waals surface area contributed by atoms with Crippen LogP contribution in [0, 0.1) is 19.3 Å². The van der Waals surface area contributed by atoms with Crippen LogP contribution in [-0.4, -0.2) is 46.5 Å². The zero-order valence-corrected chi connectivity index (χ0v) is 14.6. The summed E-state index contributed by atoms with van der Waals surface area (Å²) in [6.45, 7) is 5.89. The van der Waals surface area contributed by atoms with Gasteiger partial charge in [-0.25, -0.2) is 0 Å². The van der Waals surface area contributed by atoms with Crippen molar-refractivity contribution in [3.63, 3.8) is 0 Å². The molecule has 25 heavy (non-hydrogen) atoms. The van der Waals surface area contributed by atoms with Gasteiger partial charge in [0, 0.05) is 42.9 Å². The number of rotatable bonds is 2. The molecule has 2 amide bonds. The summed E-state index contributed by atoms with van der Waals surface area (Å²) in [7, 11) is 0. The van der Waals surface area contributed by atoms with E-state index in [2.05, 4.69) is 10.2 Å². The van der Waals surface area contributed by atoms with Crippen LogP contribution in [0.1, 0.15) is 34.6 Å². The van der Waals surface area contributed by atoms with Gasteiger partial charge >= 0.3 is 0 Å². The second-order valence-corrected chi connectivity index (χ2v) is 7.41. The highest BCUT2D eigenvalue weighted by Gasteiger charge is 2.49. The molecule has 1 N–H and O–H groups in total. The molecule has 2 aliphatic rings. The van der Waals surface area contributed by atoms with Gasteiger partial charge in [-0.1, -0.05) is 12.1 Å².